The fourth-order valence-electron chi connectivity index (χ4n) is 3.52. The summed E-state index contributed by atoms with van der Waals surface area (Å²) in [5.74, 6) is 0.490. The average molecular weight is 429 g/mol. The van der Waals surface area contributed by atoms with E-state index in [-0.39, 0.29) is 22.6 Å². The number of fused-ring (bicyclic) bond motifs is 1. The number of amides is 1. The normalized spacial score (nSPS) is 16.2. The molecule has 0 saturated carbocycles. The summed E-state index contributed by atoms with van der Waals surface area (Å²) in [5, 5.41) is 2.93. The van der Waals surface area contributed by atoms with E-state index in [1.165, 1.54) is 22.8 Å². The zero-order valence-electron chi connectivity index (χ0n) is 16.9. The number of oxazole rings is 1. The molecule has 2 aromatic heterocycles. The molecule has 1 aromatic carbocycles. The van der Waals surface area contributed by atoms with Crippen molar-refractivity contribution in [2.75, 3.05) is 18.4 Å². The number of nitrogens with zero attached hydrogens (tertiary/aromatic N) is 3. The van der Waals surface area contributed by atoms with Crippen LogP contribution in [0.25, 0.3) is 11.1 Å². The number of anilines is 1. The summed E-state index contributed by atoms with van der Waals surface area (Å²) < 4.78 is 32.5. The van der Waals surface area contributed by atoms with E-state index >= 15 is 0 Å². The van der Waals surface area contributed by atoms with E-state index < -0.39 is 10.0 Å². The Morgan fingerprint density at radius 1 is 1.23 bits per heavy atom. The summed E-state index contributed by atoms with van der Waals surface area (Å²) in [6, 6.07) is 8.52. The third-order valence-corrected chi connectivity index (χ3v) is 7.14. The van der Waals surface area contributed by atoms with Crippen molar-refractivity contribution >= 4 is 32.7 Å². The first-order chi connectivity index (χ1) is 14.3. The molecule has 1 fully saturated rings. The number of sulfonamides is 1. The topological polar surface area (TPSA) is 105 Å². The van der Waals surface area contributed by atoms with Crippen LogP contribution in [0, 0.1) is 5.92 Å². The number of aromatic nitrogens is 2. The van der Waals surface area contributed by atoms with Gasteiger partial charge in [-0.25, -0.2) is 13.4 Å². The maximum absolute atomic E-state index is 12.7. The van der Waals surface area contributed by atoms with E-state index in [0.29, 0.717) is 48.6 Å². The van der Waals surface area contributed by atoms with Gasteiger partial charge >= 0.3 is 0 Å². The fraction of sp³-hybridized carbons (Fsp3) is 0.381. The van der Waals surface area contributed by atoms with Crippen molar-refractivity contribution in [3.8, 4) is 0 Å². The molecule has 1 aliphatic rings. The third-order valence-electron chi connectivity index (χ3n) is 5.26. The lowest BCUT2D eigenvalue weighted by Crippen LogP contribution is -2.41. The Morgan fingerprint density at radius 3 is 2.67 bits per heavy atom. The predicted molar refractivity (Wildman–Crippen MR) is 112 cm³/mol. The van der Waals surface area contributed by atoms with Crippen LogP contribution in [0.4, 0.5) is 5.69 Å². The smallest absolute Gasteiger partial charge is 0.244 e. The molecule has 9 heteroatoms. The van der Waals surface area contributed by atoms with Gasteiger partial charge in [-0.2, -0.15) is 4.31 Å². The van der Waals surface area contributed by atoms with E-state index in [0.717, 1.165) is 0 Å². The molecule has 1 aliphatic heterocycles. The molecule has 0 spiro atoms. The van der Waals surface area contributed by atoms with Gasteiger partial charge in [0.25, 0.3) is 0 Å². The van der Waals surface area contributed by atoms with E-state index in [1.54, 1.807) is 24.3 Å². The van der Waals surface area contributed by atoms with Crippen molar-refractivity contribution in [3.05, 3.63) is 48.6 Å². The van der Waals surface area contributed by atoms with Crippen LogP contribution >= 0.6 is 0 Å². The lowest BCUT2D eigenvalue weighted by Gasteiger charge is -2.30. The number of benzene rings is 1. The van der Waals surface area contributed by atoms with Crippen molar-refractivity contribution in [3.63, 3.8) is 0 Å². The first kappa shape index (κ1) is 20.5. The Morgan fingerprint density at radius 2 is 2.00 bits per heavy atom. The molecule has 0 bridgehead atoms. The molecule has 0 aliphatic carbocycles. The molecular weight excluding hydrogens is 404 g/mol. The minimum absolute atomic E-state index is 0.111. The van der Waals surface area contributed by atoms with Crippen molar-refractivity contribution in [1.82, 2.24) is 14.3 Å². The van der Waals surface area contributed by atoms with Crippen LogP contribution in [0.3, 0.4) is 0 Å². The van der Waals surface area contributed by atoms with Gasteiger partial charge in [-0.15, -0.1) is 0 Å². The standard InChI is InChI=1S/C21H24N4O4S/c1-14(2)21-24-18-12-16(5-6-19(18)29-21)23-20(26)15-7-10-25(11-8-15)30(27,28)17-4-3-9-22-13-17/h3-6,9,12-15H,7-8,10-11H2,1-2H3,(H,23,26). The summed E-state index contributed by atoms with van der Waals surface area (Å²) in [4.78, 5) is 21.2. The molecule has 1 saturated heterocycles. The SMILES string of the molecule is CC(C)c1nc2cc(NC(=O)C3CCN(S(=O)(=O)c4cccnc4)CC3)ccc2o1. The van der Waals surface area contributed by atoms with Gasteiger partial charge in [-0.05, 0) is 43.2 Å². The number of pyridine rings is 1. The lowest BCUT2D eigenvalue weighted by molar-refractivity contribution is -0.120. The second-order valence-electron chi connectivity index (χ2n) is 7.75. The molecule has 8 nitrogen and oxygen atoms in total. The Kier molecular flexibility index (Phi) is 5.57. The number of hydrogen-bond acceptors (Lipinski definition) is 6. The largest absolute Gasteiger partial charge is 0.440 e. The number of carbonyl (C=O) groups is 1. The number of carbonyl (C=O) groups excluding carboxylic acids is 1. The summed E-state index contributed by atoms with van der Waals surface area (Å²) in [6.45, 7) is 4.62. The van der Waals surface area contributed by atoms with Crippen LogP contribution in [0.1, 0.15) is 38.5 Å². The van der Waals surface area contributed by atoms with Gasteiger partial charge in [0.05, 0.1) is 0 Å². The highest BCUT2D eigenvalue weighted by atomic mass is 32.2. The van der Waals surface area contributed by atoms with Crippen LogP contribution in [0.2, 0.25) is 0 Å². The van der Waals surface area contributed by atoms with Gasteiger partial charge in [-0.1, -0.05) is 13.8 Å². The maximum Gasteiger partial charge on any atom is 0.244 e. The second kappa shape index (κ2) is 8.16. The van der Waals surface area contributed by atoms with Gasteiger partial charge in [0, 0.05) is 43.0 Å². The van der Waals surface area contributed by atoms with Crippen molar-refractivity contribution in [2.24, 2.45) is 5.92 Å². The molecule has 0 unspecified atom stereocenters. The average Bonchev–Trinajstić information content (AvgIpc) is 3.18. The van der Waals surface area contributed by atoms with Gasteiger partial charge in [0.1, 0.15) is 10.4 Å². The Bertz CT molecular complexity index is 1150. The van der Waals surface area contributed by atoms with Crippen LogP contribution < -0.4 is 5.32 Å². The highest BCUT2D eigenvalue weighted by Gasteiger charge is 2.32. The molecule has 4 rings (SSSR count). The first-order valence-corrected chi connectivity index (χ1v) is 11.4. The Labute approximate surface area is 175 Å². The van der Waals surface area contributed by atoms with E-state index in [1.807, 2.05) is 13.8 Å². The highest BCUT2D eigenvalue weighted by Crippen LogP contribution is 2.26. The van der Waals surface area contributed by atoms with Crippen molar-refractivity contribution < 1.29 is 17.6 Å². The second-order valence-corrected chi connectivity index (χ2v) is 9.68. The molecule has 1 N–H and O–H groups in total. The molecule has 3 aromatic rings. The third kappa shape index (κ3) is 4.08. The summed E-state index contributed by atoms with van der Waals surface area (Å²) >= 11 is 0. The van der Waals surface area contributed by atoms with E-state index in [4.69, 9.17) is 4.42 Å². The van der Waals surface area contributed by atoms with Gasteiger partial charge in [0.15, 0.2) is 11.5 Å². The predicted octanol–water partition coefficient (Wildman–Crippen LogP) is 3.39. The quantitative estimate of drug-likeness (QED) is 0.668. The van der Waals surface area contributed by atoms with Gasteiger partial charge in [0.2, 0.25) is 15.9 Å². The van der Waals surface area contributed by atoms with Gasteiger partial charge < -0.3 is 9.73 Å². The summed E-state index contributed by atoms with van der Waals surface area (Å²) in [7, 11) is -3.58. The molecule has 3 heterocycles. The molecule has 0 atom stereocenters. The summed E-state index contributed by atoms with van der Waals surface area (Å²) in [6.07, 6.45) is 3.82. The number of rotatable bonds is 5. The minimum atomic E-state index is -3.58. The van der Waals surface area contributed by atoms with Gasteiger partial charge in [-0.3, -0.25) is 9.78 Å². The van der Waals surface area contributed by atoms with Crippen molar-refractivity contribution in [2.45, 2.75) is 37.5 Å². The molecule has 30 heavy (non-hydrogen) atoms. The summed E-state index contributed by atoms with van der Waals surface area (Å²) in [5.41, 5.74) is 2.04. The maximum atomic E-state index is 12.7. The van der Waals surface area contributed by atoms with Crippen LogP contribution in [-0.2, 0) is 14.8 Å². The molecule has 0 radical (unpaired) electrons. The van der Waals surface area contributed by atoms with Crippen LogP contribution in [0.15, 0.2) is 52.0 Å². The van der Waals surface area contributed by atoms with E-state index in [9.17, 15) is 13.2 Å². The molecular formula is C21H24N4O4S. The van der Waals surface area contributed by atoms with Crippen molar-refractivity contribution in [1.29, 1.82) is 0 Å². The molecule has 1 amide bonds. The Hall–Kier alpha value is -2.78. The van der Waals surface area contributed by atoms with E-state index in [2.05, 4.69) is 15.3 Å². The molecule has 158 valence electrons. The highest BCUT2D eigenvalue weighted by molar-refractivity contribution is 7.89. The number of piperidine rings is 1. The van der Waals surface area contributed by atoms with Crippen LogP contribution in [0.5, 0.6) is 0 Å². The first-order valence-electron chi connectivity index (χ1n) is 9.96. The fourth-order valence-corrected chi connectivity index (χ4v) is 4.96. The number of hydrogen-bond donors (Lipinski definition) is 1. The Balaban J connectivity index is 1.39. The monoisotopic (exact) mass is 428 g/mol. The zero-order chi connectivity index (χ0) is 21.3. The minimum Gasteiger partial charge on any atom is -0.440 e. The number of nitrogens with one attached hydrogen (secondary N) is 1. The zero-order valence-corrected chi connectivity index (χ0v) is 17.7. The van der Waals surface area contributed by atoms with Crippen LogP contribution in [-0.4, -0.2) is 41.7 Å². The lowest BCUT2D eigenvalue weighted by atomic mass is 9.97.